The van der Waals surface area contributed by atoms with E-state index in [1.165, 1.54) is 4.90 Å². The van der Waals surface area contributed by atoms with E-state index >= 15 is 0 Å². The van der Waals surface area contributed by atoms with Crippen LogP contribution in [0.3, 0.4) is 0 Å². The fourth-order valence-electron chi connectivity index (χ4n) is 2.24. The van der Waals surface area contributed by atoms with Gasteiger partial charge in [-0.2, -0.15) is 5.10 Å². The molecule has 6 heteroatoms. The molecule has 0 aliphatic heterocycles. The molecule has 1 saturated carbocycles. The fourth-order valence-corrected chi connectivity index (χ4v) is 2.24. The van der Waals surface area contributed by atoms with Gasteiger partial charge in [0.15, 0.2) is 5.69 Å². The Labute approximate surface area is 128 Å². The number of aromatic nitrogens is 2. The second-order valence-electron chi connectivity index (χ2n) is 5.72. The van der Waals surface area contributed by atoms with Crippen molar-refractivity contribution in [3.63, 3.8) is 0 Å². The standard InChI is InChI=1S/C16H18N4O2/c1-20(2)16(22)11-4-3-5-12(8-11)17-15(21)14-9-13(18-19-14)10-6-7-10/h3-5,8-10H,6-7H2,1-2H3,(H,17,21)(H,18,19). The zero-order valence-electron chi connectivity index (χ0n) is 12.6. The van der Waals surface area contributed by atoms with Crippen molar-refractivity contribution in [2.45, 2.75) is 18.8 Å². The van der Waals surface area contributed by atoms with Crippen LogP contribution in [-0.4, -0.2) is 41.0 Å². The minimum absolute atomic E-state index is 0.105. The number of hydrogen-bond acceptors (Lipinski definition) is 3. The molecule has 3 rings (SSSR count). The predicted molar refractivity (Wildman–Crippen MR) is 83.0 cm³/mol. The summed E-state index contributed by atoms with van der Waals surface area (Å²) in [5, 5.41) is 9.73. The summed E-state index contributed by atoms with van der Waals surface area (Å²) in [5.41, 5.74) is 2.49. The lowest BCUT2D eigenvalue weighted by Crippen LogP contribution is -2.22. The molecule has 0 unspecified atom stereocenters. The summed E-state index contributed by atoms with van der Waals surface area (Å²) in [6.07, 6.45) is 2.30. The van der Waals surface area contributed by atoms with Crippen LogP contribution in [0, 0.1) is 0 Å². The van der Waals surface area contributed by atoms with E-state index in [-0.39, 0.29) is 11.8 Å². The van der Waals surface area contributed by atoms with Crippen molar-refractivity contribution < 1.29 is 9.59 Å². The molecule has 1 aromatic carbocycles. The Balaban J connectivity index is 1.72. The molecule has 0 spiro atoms. The van der Waals surface area contributed by atoms with E-state index in [1.807, 2.05) is 0 Å². The van der Waals surface area contributed by atoms with E-state index in [0.717, 1.165) is 18.5 Å². The Morgan fingerprint density at radius 3 is 2.73 bits per heavy atom. The highest BCUT2D eigenvalue weighted by molar-refractivity contribution is 6.04. The molecule has 1 heterocycles. The van der Waals surface area contributed by atoms with Gasteiger partial charge in [-0.05, 0) is 37.1 Å². The van der Waals surface area contributed by atoms with Crippen molar-refractivity contribution in [3.05, 3.63) is 47.3 Å². The third-order valence-electron chi connectivity index (χ3n) is 3.62. The van der Waals surface area contributed by atoms with Gasteiger partial charge in [-0.3, -0.25) is 14.7 Å². The Morgan fingerprint density at radius 2 is 2.05 bits per heavy atom. The van der Waals surface area contributed by atoms with Gasteiger partial charge in [0.1, 0.15) is 0 Å². The first-order valence-electron chi connectivity index (χ1n) is 7.23. The summed E-state index contributed by atoms with van der Waals surface area (Å²) in [6, 6.07) is 8.67. The number of carbonyl (C=O) groups excluding carboxylic acids is 2. The van der Waals surface area contributed by atoms with E-state index in [0.29, 0.717) is 22.9 Å². The van der Waals surface area contributed by atoms with Gasteiger partial charge in [0.05, 0.1) is 0 Å². The van der Waals surface area contributed by atoms with Crippen LogP contribution in [0.1, 0.15) is 45.3 Å². The maximum atomic E-state index is 12.2. The number of aromatic amines is 1. The van der Waals surface area contributed by atoms with E-state index in [9.17, 15) is 9.59 Å². The van der Waals surface area contributed by atoms with Crippen molar-refractivity contribution >= 4 is 17.5 Å². The summed E-state index contributed by atoms with van der Waals surface area (Å²) in [5.74, 6) is 0.139. The van der Waals surface area contributed by atoms with Crippen LogP contribution in [-0.2, 0) is 0 Å². The Bertz CT molecular complexity index is 716. The largest absolute Gasteiger partial charge is 0.345 e. The fraction of sp³-hybridized carbons (Fsp3) is 0.312. The number of nitrogens with one attached hydrogen (secondary N) is 2. The second-order valence-corrected chi connectivity index (χ2v) is 5.72. The molecule has 0 bridgehead atoms. The first-order valence-corrected chi connectivity index (χ1v) is 7.23. The highest BCUT2D eigenvalue weighted by Crippen LogP contribution is 2.39. The minimum atomic E-state index is -0.280. The molecule has 6 nitrogen and oxygen atoms in total. The maximum Gasteiger partial charge on any atom is 0.276 e. The molecule has 1 aliphatic rings. The van der Waals surface area contributed by atoms with Crippen LogP contribution in [0.5, 0.6) is 0 Å². The van der Waals surface area contributed by atoms with Crippen LogP contribution in [0.2, 0.25) is 0 Å². The van der Waals surface area contributed by atoms with Crippen molar-refractivity contribution in [2.24, 2.45) is 0 Å². The van der Waals surface area contributed by atoms with Gasteiger partial charge in [0.2, 0.25) is 0 Å². The smallest absolute Gasteiger partial charge is 0.276 e. The molecule has 1 fully saturated rings. The number of amides is 2. The van der Waals surface area contributed by atoms with Crippen LogP contribution < -0.4 is 5.32 Å². The Morgan fingerprint density at radius 1 is 1.27 bits per heavy atom. The van der Waals surface area contributed by atoms with Crippen molar-refractivity contribution in [1.82, 2.24) is 15.1 Å². The van der Waals surface area contributed by atoms with Gasteiger partial charge >= 0.3 is 0 Å². The molecule has 22 heavy (non-hydrogen) atoms. The first kappa shape index (κ1) is 14.3. The maximum absolute atomic E-state index is 12.2. The lowest BCUT2D eigenvalue weighted by Gasteiger charge is -2.11. The quantitative estimate of drug-likeness (QED) is 0.908. The molecule has 2 N–H and O–H groups in total. The zero-order chi connectivity index (χ0) is 15.7. The van der Waals surface area contributed by atoms with E-state index in [4.69, 9.17) is 0 Å². The number of hydrogen-bond donors (Lipinski definition) is 2. The summed E-state index contributed by atoms with van der Waals surface area (Å²) in [6.45, 7) is 0. The number of rotatable bonds is 4. The predicted octanol–water partition coefficient (Wildman–Crippen LogP) is 2.24. The molecular weight excluding hydrogens is 280 g/mol. The monoisotopic (exact) mass is 298 g/mol. The highest BCUT2D eigenvalue weighted by Gasteiger charge is 2.26. The van der Waals surface area contributed by atoms with E-state index in [2.05, 4.69) is 15.5 Å². The Hall–Kier alpha value is -2.63. The topological polar surface area (TPSA) is 78.1 Å². The summed E-state index contributed by atoms with van der Waals surface area (Å²) >= 11 is 0. The van der Waals surface area contributed by atoms with Gasteiger partial charge in [-0.25, -0.2) is 0 Å². The zero-order valence-corrected chi connectivity index (χ0v) is 12.6. The SMILES string of the molecule is CN(C)C(=O)c1cccc(NC(=O)c2cc(C3CC3)[nH]n2)c1. The molecule has 0 radical (unpaired) electrons. The number of carbonyl (C=O) groups is 2. The van der Waals surface area contributed by atoms with Gasteiger partial charge in [-0.15, -0.1) is 0 Å². The van der Waals surface area contributed by atoms with Crippen LogP contribution in [0.4, 0.5) is 5.69 Å². The Kier molecular flexibility index (Phi) is 3.66. The number of nitrogens with zero attached hydrogens (tertiary/aromatic N) is 2. The summed E-state index contributed by atoms with van der Waals surface area (Å²) < 4.78 is 0. The third kappa shape index (κ3) is 3.00. The van der Waals surface area contributed by atoms with Gasteiger partial charge in [0.25, 0.3) is 11.8 Å². The van der Waals surface area contributed by atoms with Crippen molar-refractivity contribution in [1.29, 1.82) is 0 Å². The van der Waals surface area contributed by atoms with Gasteiger partial charge in [0, 0.05) is 37.0 Å². The lowest BCUT2D eigenvalue weighted by molar-refractivity contribution is 0.0827. The third-order valence-corrected chi connectivity index (χ3v) is 3.62. The van der Waals surface area contributed by atoms with Crippen LogP contribution >= 0.6 is 0 Å². The van der Waals surface area contributed by atoms with Crippen LogP contribution in [0.25, 0.3) is 0 Å². The lowest BCUT2D eigenvalue weighted by atomic mass is 10.1. The summed E-state index contributed by atoms with van der Waals surface area (Å²) in [7, 11) is 3.38. The highest BCUT2D eigenvalue weighted by atomic mass is 16.2. The molecule has 1 aromatic heterocycles. The number of benzene rings is 1. The van der Waals surface area contributed by atoms with Crippen molar-refractivity contribution in [2.75, 3.05) is 19.4 Å². The van der Waals surface area contributed by atoms with Gasteiger partial charge < -0.3 is 10.2 Å². The van der Waals surface area contributed by atoms with Crippen LogP contribution in [0.15, 0.2) is 30.3 Å². The van der Waals surface area contributed by atoms with Gasteiger partial charge in [-0.1, -0.05) is 6.07 Å². The minimum Gasteiger partial charge on any atom is -0.345 e. The van der Waals surface area contributed by atoms with Crippen molar-refractivity contribution in [3.8, 4) is 0 Å². The summed E-state index contributed by atoms with van der Waals surface area (Å²) in [4.78, 5) is 25.6. The normalized spacial score (nSPS) is 13.7. The molecule has 2 amide bonds. The molecule has 0 saturated heterocycles. The molecule has 0 atom stereocenters. The van der Waals surface area contributed by atoms with E-state index < -0.39 is 0 Å². The molecule has 2 aromatic rings. The number of H-pyrrole nitrogens is 1. The second kappa shape index (κ2) is 5.63. The molecular formula is C16H18N4O2. The first-order chi connectivity index (χ1) is 10.5. The molecule has 114 valence electrons. The van der Waals surface area contributed by atoms with E-state index in [1.54, 1.807) is 44.4 Å². The number of anilines is 1. The molecule has 1 aliphatic carbocycles. The average Bonchev–Trinajstić information content (AvgIpc) is 3.23. The average molecular weight is 298 g/mol.